The zero-order chi connectivity index (χ0) is 24.3. The van der Waals surface area contributed by atoms with E-state index >= 15 is 0 Å². The first-order valence-electron chi connectivity index (χ1n) is 11.0. The lowest BCUT2D eigenvalue weighted by Crippen LogP contribution is -2.40. The largest absolute Gasteiger partial charge is 0.466 e. The number of ether oxygens (including phenoxy) is 1. The normalized spacial score (nSPS) is 14.7. The topological polar surface area (TPSA) is 125 Å². The molecule has 1 fully saturated rings. The maximum atomic E-state index is 13.3. The quantitative estimate of drug-likeness (QED) is 0.539. The molecule has 0 spiro atoms. The number of carbonyl (C=O) groups excluding carboxylic acids is 2. The summed E-state index contributed by atoms with van der Waals surface area (Å²) in [6.07, 6.45) is 1.09. The van der Waals surface area contributed by atoms with Gasteiger partial charge in [-0.25, -0.2) is 18.2 Å². The standard InChI is InChI=1S/C24H26N4O5S/c1-2-33-24(30)18-12-14-27(15-13-18)23(29)21-16-22(17-6-4-3-5-7-17)28(26-21)19-8-10-20(11-9-19)34(25,31)32/h3-11,16,18H,2,12-15H2,1H3,(H2,25,31,32). The Kier molecular flexibility index (Phi) is 6.80. The number of piperidine rings is 1. The number of carbonyl (C=O) groups is 2. The van der Waals surface area contributed by atoms with Crippen LogP contribution in [0.2, 0.25) is 0 Å². The average molecular weight is 483 g/mol. The van der Waals surface area contributed by atoms with E-state index in [9.17, 15) is 18.0 Å². The predicted molar refractivity (Wildman–Crippen MR) is 126 cm³/mol. The van der Waals surface area contributed by atoms with Gasteiger partial charge in [0.25, 0.3) is 5.91 Å². The molecule has 3 aromatic rings. The number of rotatable bonds is 6. The number of nitrogens with zero attached hydrogens (tertiary/aromatic N) is 3. The number of hydrogen-bond donors (Lipinski definition) is 1. The molecule has 10 heteroatoms. The maximum Gasteiger partial charge on any atom is 0.309 e. The van der Waals surface area contributed by atoms with Crippen molar-refractivity contribution in [2.24, 2.45) is 11.1 Å². The molecular formula is C24H26N4O5S. The smallest absolute Gasteiger partial charge is 0.309 e. The van der Waals surface area contributed by atoms with Crippen LogP contribution in [0.15, 0.2) is 65.6 Å². The minimum absolute atomic E-state index is 0.00885. The van der Waals surface area contributed by atoms with Crippen LogP contribution in [0.5, 0.6) is 0 Å². The Labute approximate surface area is 198 Å². The highest BCUT2D eigenvalue weighted by molar-refractivity contribution is 7.89. The fraction of sp³-hybridized carbons (Fsp3) is 0.292. The van der Waals surface area contributed by atoms with Gasteiger partial charge in [-0.3, -0.25) is 9.59 Å². The zero-order valence-electron chi connectivity index (χ0n) is 18.8. The van der Waals surface area contributed by atoms with Gasteiger partial charge >= 0.3 is 5.97 Å². The molecule has 0 unspecified atom stereocenters. The number of esters is 1. The second-order valence-electron chi connectivity index (χ2n) is 8.05. The van der Waals surface area contributed by atoms with Gasteiger partial charge in [-0.2, -0.15) is 5.10 Å². The molecule has 2 heterocycles. The number of aromatic nitrogens is 2. The molecule has 178 valence electrons. The molecule has 1 aliphatic rings. The summed E-state index contributed by atoms with van der Waals surface area (Å²) in [5, 5.41) is 9.77. The number of sulfonamides is 1. The lowest BCUT2D eigenvalue weighted by atomic mass is 9.97. The first-order chi connectivity index (χ1) is 16.3. The van der Waals surface area contributed by atoms with Crippen molar-refractivity contribution < 1.29 is 22.7 Å². The predicted octanol–water partition coefficient (Wildman–Crippen LogP) is 2.60. The third-order valence-corrected chi connectivity index (χ3v) is 6.74. The Balaban J connectivity index is 1.63. The lowest BCUT2D eigenvalue weighted by molar-refractivity contribution is -0.149. The van der Waals surface area contributed by atoms with Gasteiger partial charge in [-0.05, 0) is 50.1 Å². The Bertz CT molecular complexity index is 1280. The lowest BCUT2D eigenvalue weighted by Gasteiger charge is -2.30. The third kappa shape index (κ3) is 5.02. The van der Waals surface area contributed by atoms with E-state index in [1.165, 1.54) is 12.1 Å². The van der Waals surface area contributed by atoms with Crippen molar-refractivity contribution in [3.63, 3.8) is 0 Å². The van der Waals surface area contributed by atoms with E-state index in [1.807, 2.05) is 30.3 Å². The molecule has 1 saturated heterocycles. The molecule has 1 aromatic heterocycles. The number of hydrogen-bond acceptors (Lipinski definition) is 6. The average Bonchev–Trinajstić information content (AvgIpc) is 3.29. The number of amides is 1. The maximum absolute atomic E-state index is 13.3. The molecule has 2 aromatic carbocycles. The second-order valence-corrected chi connectivity index (χ2v) is 9.61. The molecule has 0 atom stereocenters. The van der Waals surface area contributed by atoms with Gasteiger partial charge in [-0.15, -0.1) is 0 Å². The van der Waals surface area contributed by atoms with Crippen molar-refractivity contribution in [3.05, 3.63) is 66.4 Å². The fourth-order valence-electron chi connectivity index (χ4n) is 4.01. The number of benzene rings is 2. The van der Waals surface area contributed by atoms with Gasteiger partial charge in [-0.1, -0.05) is 30.3 Å². The highest BCUT2D eigenvalue weighted by Crippen LogP contribution is 2.26. The molecule has 0 radical (unpaired) electrons. The molecule has 4 rings (SSSR count). The summed E-state index contributed by atoms with van der Waals surface area (Å²) < 4.78 is 29.9. The number of nitrogens with two attached hydrogens (primary N) is 1. The van der Waals surface area contributed by atoms with Crippen LogP contribution in [0.1, 0.15) is 30.3 Å². The van der Waals surface area contributed by atoms with E-state index in [0.29, 0.717) is 43.9 Å². The summed E-state index contributed by atoms with van der Waals surface area (Å²) in [6.45, 7) is 3.01. The zero-order valence-corrected chi connectivity index (χ0v) is 19.6. The van der Waals surface area contributed by atoms with E-state index < -0.39 is 10.0 Å². The van der Waals surface area contributed by atoms with Crippen LogP contribution in [0.4, 0.5) is 0 Å². The summed E-state index contributed by atoms with van der Waals surface area (Å²) in [6, 6.07) is 17.2. The minimum Gasteiger partial charge on any atom is -0.466 e. The Morgan fingerprint density at radius 3 is 2.29 bits per heavy atom. The summed E-state index contributed by atoms with van der Waals surface area (Å²) in [7, 11) is -3.82. The molecule has 0 bridgehead atoms. The first kappa shape index (κ1) is 23.7. The monoisotopic (exact) mass is 482 g/mol. The molecule has 1 amide bonds. The second kappa shape index (κ2) is 9.78. The van der Waals surface area contributed by atoms with E-state index in [1.54, 1.807) is 34.7 Å². The van der Waals surface area contributed by atoms with Crippen LogP contribution < -0.4 is 5.14 Å². The third-order valence-electron chi connectivity index (χ3n) is 5.81. The fourth-order valence-corrected chi connectivity index (χ4v) is 4.53. The van der Waals surface area contributed by atoms with Crippen LogP contribution in [-0.2, 0) is 19.6 Å². The molecule has 0 saturated carbocycles. The van der Waals surface area contributed by atoms with Crippen LogP contribution in [0, 0.1) is 5.92 Å². The van der Waals surface area contributed by atoms with E-state index in [0.717, 1.165) is 5.56 Å². The Morgan fingerprint density at radius 2 is 1.71 bits per heavy atom. The van der Waals surface area contributed by atoms with Crippen LogP contribution in [-0.4, -0.2) is 54.7 Å². The summed E-state index contributed by atoms with van der Waals surface area (Å²) in [4.78, 5) is 26.9. The summed E-state index contributed by atoms with van der Waals surface area (Å²) >= 11 is 0. The number of primary sulfonamides is 1. The van der Waals surface area contributed by atoms with Crippen molar-refractivity contribution in [1.29, 1.82) is 0 Å². The Hall–Kier alpha value is -3.50. The summed E-state index contributed by atoms with van der Waals surface area (Å²) in [5.74, 6) is -0.633. The van der Waals surface area contributed by atoms with Gasteiger partial charge in [0.2, 0.25) is 10.0 Å². The highest BCUT2D eigenvalue weighted by Gasteiger charge is 2.30. The number of likely N-dealkylation sites (tertiary alicyclic amines) is 1. The van der Waals surface area contributed by atoms with Crippen molar-refractivity contribution >= 4 is 21.9 Å². The van der Waals surface area contributed by atoms with Crippen LogP contribution >= 0.6 is 0 Å². The molecular weight excluding hydrogens is 456 g/mol. The highest BCUT2D eigenvalue weighted by atomic mass is 32.2. The van der Waals surface area contributed by atoms with Crippen molar-refractivity contribution in [1.82, 2.24) is 14.7 Å². The molecule has 2 N–H and O–H groups in total. The molecule has 34 heavy (non-hydrogen) atoms. The van der Waals surface area contributed by atoms with Crippen molar-refractivity contribution in [3.8, 4) is 16.9 Å². The molecule has 9 nitrogen and oxygen atoms in total. The molecule has 0 aliphatic carbocycles. The van der Waals surface area contributed by atoms with Crippen LogP contribution in [0.3, 0.4) is 0 Å². The Morgan fingerprint density at radius 1 is 1.06 bits per heavy atom. The van der Waals surface area contributed by atoms with Gasteiger partial charge in [0.15, 0.2) is 5.69 Å². The van der Waals surface area contributed by atoms with Gasteiger partial charge < -0.3 is 9.64 Å². The molecule has 1 aliphatic heterocycles. The van der Waals surface area contributed by atoms with Gasteiger partial charge in [0, 0.05) is 18.7 Å². The summed E-state index contributed by atoms with van der Waals surface area (Å²) in [5.41, 5.74) is 2.40. The van der Waals surface area contributed by atoms with Crippen LogP contribution in [0.25, 0.3) is 16.9 Å². The van der Waals surface area contributed by atoms with E-state index in [4.69, 9.17) is 9.88 Å². The van der Waals surface area contributed by atoms with Gasteiger partial charge in [0.05, 0.1) is 28.8 Å². The van der Waals surface area contributed by atoms with Crippen molar-refractivity contribution in [2.45, 2.75) is 24.7 Å². The van der Waals surface area contributed by atoms with E-state index in [2.05, 4.69) is 5.10 Å². The first-order valence-corrected chi connectivity index (χ1v) is 12.6. The minimum atomic E-state index is -3.82. The SMILES string of the molecule is CCOC(=O)C1CCN(C(=O)c2cc(-c3ccccc3)n(-c3ccc(S(N)(=O)=O)cc3)n2)CC1. The van der Waals surface area contributed by atoms with E-state index in [-0.39, 0.29) is 28.4 Å². The van der Waals surface area contributed by atoms with Gasteiger partial charge in [0.1, 0.15) is 0 Å². The van der Waals surface area contributed by atoms with Crippen molar-refractivity contribution in [2.75, 3.05) is 19.7 Å².